The zero-order valence-electron chi connectivity index (χ0n) is 17.5. The van der Waals surface area contributed by atoms with Crippen molar-refractivity contribution < 1.29 is 9.59 Å². The summed E-state index contributed by atoms with van der Waals surface area (Å²) in [6.45, 7) is 9.82. The van der Waals surface area contributed by atoms with Crippen molar-refractivity contribution in [1.29, 1.82) is 0 Å². The molecule has 3 heterocycles. The summed E-state index contributed by atoms with van der Waals surface area (Å²) >= 11 is 0. The minimum Gasteiger partial charge on any atom is -0.274 e. The number of fused-ring (bicyclic) bond motifs is 3. The Kier molecular flexibility index (Phi) is 4.16. The van der Waals surface area contributed by atoms with Crippen molar-refractivity contribution in [2.45, 2.75) is 46.2 Å². The van der Waals surface area contributed by atoms with Crippen LogP contribution in [0.25, 0.3) is 0 Å². The van der Waals surface area contributed by atoms with Gasteiger partial charge in [-0.1, -0.05) is 47.5 Å². The molecule has 0 aliphatic carbocycles. The van der Waals surface area contributed by atoms with Gasteiger partial charge in [0.1, 0.15) is 6.04 Å². The van der Waals surface area contributed by atoms with Crippen molar-refractivity contribution in [3.05, 3.63) is 64.2 Å². The minimum atomic E-state index is -0.392. The average molecular weight is 389 g/mol. The van der Waals surface area contributed by atoms with E-state index >= 15 is 0 Å². The molecule has 3 atom stereocenters. The SMILES string of the molecule is Cc1ccc([C@H]2[C@H]3C(=O)N(c4c(C)cc(C)cc4C)C(=O)[C@@H]3N3CCCN23)cc1. The third-order valence-electron chi connectivity index (χ3n) is 6.68. The molecule has 5 nitrogen and oxygen atoms in total. The van der Waals surface area contributed by atoms with Gasteiger partial charge in [-0.3, -0.25) is 9.59 Å². The first-order chi connectivity index (χ1) is 13.9. The second-order valence-electron chi connectivity index (χ2n) is 8.77. The van der Waals surface area contributed by atoms with Gasteiger partial charge < -0.3 is 0 Å². The Hall–Kier alpha value is -2.50. The second-order valence-corrected chi connectivity index (χ2v) is 8.77. The quantitative estimate of drug-likeness (QED) is 0.738. The van der Waals surface area contributed by atoms with E-state index in [4.69, 9.17) is 0 Å². The summed E-state index contributed by atoms with van der Waals surface area (Å²) in [6, 6.07) is 12.1. The summed E-state index contributed by atoms with van der Waals surface area (Å²) in [4.78, 5) is 28.8. The number of carbonyl (C=O) groups is 2. The predicted molar refractivity (Wildman–Crippen MR) is 112 cm³/mol. The normalized spacial score (nSPS) is 27.0. The smallest absolute Gasteiger partial charge is 0.253 e. The maximum absolute atomic E-state index is 13.7. The standard InChI is InChI=1S/C24H27N3O2/c1-14-6-8-18(9-7-14)21-19-22(26-11-5-10-25(21)26)24(29)27(23(19)28)20-16(3)12-15(2)13-17(20)4/h6-9,12-13,19,21-22H,5,10-11H2,1-4H3/t19-,21+,22-/m1/s1. The Bertz CT molecular complexity index is 990. The van der Waals surface area contributed by atoms with Crippen LogP contribution in [0.3, 0.4) is 0 Å². The number of anilines is 1. The van der Waals surface area contributed by atoms with Gasteiger partial charge in [0.15, 0.2) is 0 Å². The van der Waals surface area contributed by atoms with E-state index in [1.807, 2.05) is 20.8 Å². The molecule has 0 aromatic heterocycles. The van der Waals surface area contributed by atoms with E-state index in [9.17, 15) is 9.59 Å². The van der Waals surface area contributed by atoms with Gasteiger partial charge in [-0.05, 0) is 50.8 Å². The van der Waals surface area contributed by atoms with Gasteiger partial charge in [0, 0.05) is 13.1 Å². The molecule has 5 rings (SSSR count). The zero-order valence-corrected chi connectivity index (χ0v) is 17.5. The fourth-order valence-corrected chi connectivity index (χ4v) is 5.62. The first kappa shape index (κ1) is 18.5. The molecular weight excluding hydrogens is 362 g/mol. The molecule has 29 heavy (non-hydrogen) atoms. The lowest BCUT2D eigenvalue weighted by molar-refractivity contribution is -0.126. The maximum Gasteiger partial charge on any atom is 0.253 e. The van der Waals surface area contributed by atoms with Crippen LogP contribution in [0.4, 0.5) is 5.69 Å². The zero-order chi connectivity index (χ0) is 20.4. The number of hydrazine groups is 1. The predicted octanol–water partition coefficient (Wildman–Crippen LogP) is 3.46. The van der Waals surface area contributed by atoms with Crippen LogP contribution >= 0.6 is 0 Å². The number of nitrogens with zero attached hydrogens (tertiary/aromatic N) is 3. The molecule has 0 spiro atoms. The first-order valence-electron chi connectivity index (χ1n) is 10.4. The van der Waals surface area contributed by atoms with Gasteiger partial charge in [0.25, 0.3) is 5.91 Å². The van der Waals surface area contributed by atoms with Gasteiger partial charge in [-0.2, -0.15) is 0 Å². The van der Waals surface area contributed by atoms with Gasteiger partial charge >= 0.3 is 0 Å². The number of hydrogen-bond acceptors (Lipinski definition) is 4. The summed E-state index contributed by atoms with van der Waals surface area (Å²) in [7, 11) is 0. The van der Waals surface area contributed by atoms with E-state index in [0.717, 1.165) is 47.5 Å². The Morgan fingerprint density at radius 3 is 1.97 bits per heavy atom. The first-order valence-corrected chi connectivity index (χ1v) is 10.4. The van der Waals surface area contributed by atoms with Crippen LogP contribution in [0, 0.1) is 33.6 Å². The van der Waals surface area contributed by atoms with Crippen LogP contribution in [0.5, 0.6) is 0 Å². The lowest BCUT2D eigenvalue weighted by atomic mass is 9.89. The molecule has 2 amide bonds. The fraction of sp³-hybridized carbons (Fsp3) is 0.417. The molecule has 3 fully saturated rings. The van der Waals surface area contributed by atoms with Crippen molar-refractivity contribution in [2.24, 2.45) is 5.92 Å². The minimum absolute atomic E-state index is 0.0602. The molecule has 3 aliphatic heterocycles. The average Bonchev–Trinajstić information content (AvgIpc) is 3.30. The topological polar surface area (TPSA) is 43.9 Å². The highest BCUT2D eigenvalue weighted by molar-refractivity contribution is 6.24. The molecule has 0 saturated carbocycles. The number of benzene rings is 2. The van der Waals surface area contributed by atoms with Crippen molar-refractivity contribution in [1.82, 2.24) is 10.0 Å². The highest BCUT2D eigenvalue weighted by Crippen LogP contribution is 2.49. The van der Waals surface area contributed by atoms with E-state index in [2.05, 4.69) is 53.3 Å². The van der Waals surface area contributed by atoms with Crippen LogP contribution < -0.4 is 4.90 Å². The molecule has 2 aromatic rings. The Balaban J connectivity index is 1.61. The molecule has 3 saturated heterocycles. The Labute approximate surface area is 171 Å². The molecule has 2 aromatic carbocycles. The number of aryl methyl sites for hydroxylation is 4. The maximum atomic E-state index is 13.7. The number of rotatable bonds is 2. The van der Waals surface area contributed by atoms with Crippen molar-refractivity contribution in [3.8, 4) is 0 Å². The van der Waals surface area contributed by atoms with Crippen molar-refractivity contribution in [2.75, 3.05) is 18.0 Å². The van der Waals surface area contributed by atoms with E-state index < -0.39 is 6.04 Å². The summed E-state index contributed by atoms with van der Waals surface area (Å²) < 4.78 is 0. The molecule has 150 valence electrons. The monoisotopic (exact) mass is 389 g/mol. The highest BCUT2D eigenvalue weighted by atomic mass is 16.2. The van der Waals surface area contributed by atoms with Crippen LogP contribution in [-0.4, -0.2) is 41.0 Å². The largest absolute Gasteiger partial charge is 0.274 e. The van der Waals surface area contributed by atoms with Crippen LogP contribution in [0.15, 0.2) is 36.4 Å². The third kappa shape index (κ3) is 2.61. The summed E-state index contributed by atoms with van der Waals surface area (Å²) in [5, 5.41) is 4.43. The summed E-state index contributed by atoms with van der Waals surface area (Å²) in [6.07, 6.45) is 1.02. The van der Waals surface area contributed by atoms with Gasteiger partial charge in [0.05, 0.1) is 17.6 Å². The lowest BCUT2D eigenvalue weighted by Gasteiger charge is -2.30. The molecule has 0 radical (unpaired) electrons. The number of hydrogen-bond donors (Lipinski definition) is 0. The van der Waals surface area contributed by atoms with Gasteiger partial charge in [-0.15, -0.1) is 0 Å². The lowest BCUT2D eigenvalue weighted by Crippen LogP contribution is -2.44. The van der Waals surface area contributed by atoms with E-state index in [0.29, 0.717) is 0 Å². The molecule has 0 bridgehead atoms. The summed E-state index contributed by atoms with van der Waals surface area (Å²) in [5.74, 6) is -0.489. The van der Waals surface area contributed by atoms with Crippen LogP contribution in [0.1, 0.15) is 40.3 Å². The Morgan fingerprint density at radius 1 is 0.759 bits per heavy atom. The molecular formula is C24H27N3O2. The van der Waals surface area contributed by atoms with Crippen LogP contribution in [-0.2, 0) is 9.59 Å². The third-order valence-corrected chi connectivity index (χ3v) is 6.68. The van der Waals surface area contributed by atoms with Crippen molar-refractivity contribution >= 4 is 17.5 Å². The fourth-order valence-electron chi connectivity index (χ4n) is 5.62. The number of amides is 2. The van der Waals surface area contributed by atoms with Gasteiger partial charge in [0.2, 0.25) is 5.91 Å². The second kappa shape index (κ2) is 6.51. The Morgan fingerprint density at radius 2 is 1.34 bits per heavy atom. The molecule has 5 heteroatoms. The number of imide groups is 1. The summed E-state index contributed by atoms with van der Waals surface area (Å²) in [5.41, 5.74) is 6.20. The molecule has 0 N–H and O–H groups in total. The van der Waals surface area contributed by atoms with Crippen LogP contribution in [0.2, 0.25) is 0 Å². The molecule has 3 aliphatic rings. The van der Waals surface area contributed by atoms with Crippen molar-refractivity contribution in [3.63, 3.8) is 0 Å². The highest BCUT2D eigenvalue weighted by Gasteiger charge is 2.63. The van der Waals surface area contributed by atoms with E-state index in [1.165, 1.54) is 10.5 Å². The van der Waals surface area contributed by atoms with E-state index in [1.54, 1.807) is 0 Å². The number of carbonyl (C=O) groups excluding carboxylic acids is 2. The molecule has 0 unspecified atom stereocenters. The van der Waals surface area contributed by atoms with Gasteiger partial charge in [-0.25, -0.2) is 14.9 Å². The van der Waals surface area contributed by atoms with E-state index in [-0.39, 0.29) is 23.8 Å².